The van der Waals surface area contributed by atoms with Crippen LogP contribution in [0.3, 0.4) is 0 Å². The van der Waals surface area contributed by atoms with E-state index >= 15 is 0 Å². The van der Waals surface area contributed by atoms with Crippen LogP contribution in [0.4, 0.5) is 0 Å². The van der Waals surface area contributed by atoms with E-state index in [1.54, 1.807) is 0 Å². The van der Waals surface area contributed by atoms with E-state index in [1.165, 1.54) is 20.7 Å². The molecular formula is C11H14N2S. The first-order chi connectivity index (χ1) is 6.85. The van der Waals surface area contributed by atoms with E-state index in [0.29, 0.717) is 0 Å². The molecule has 2 nitrogen and oxygen atoms in total. The first-order valence-corrected chi connectivity index (χ1v) is 5.67. The van der Waals surface area contributed by atoms with Crippen LogP contribution in [0.2, 0.25) is 0 Å². The zero-order valence-electron chi connectivity index (χ0n) is 8.50. The van der Waals surface area contributed by atoms with Crippen molar-refractivity contribution < 1.29 is 0 Å². The van der Waals surface area contributed by atoms with Gasteiger partial charge in [-0.05, 0) is 31.0 Å². The van der Waals surface area contributed by atoms with Crippen molar-refractivity contribution in [2.45, 2.75) is 19.9 Å². The van der Waals surface area contributed by atoms with Crippen molar-refractivity contribution in [2.24, 2.45) is 0 Å². The molecule has 0 aliphatic heterocycles. The Hall–Kier alpha value is -0.930. The highest BCUT2D eigenvalue weighted by atomic mass is 32.1. The first-order valence-electron chi connectivity index (χ1n) is 4.86. The van der Waals surface area contributed by atoms with Gasteiger partial charge in [0.05, 0.1) is 10.4 Å². The number of aryl methyl sites for hydroxylation is 1. The monoisotopic (exact) mass is 206 g/mol. The SMILES string of the molecule is CCc1nccc2cc(CNC)sc12. The molecule has 0 spiro atoms. The van der Waals surface area contributed by atoms with Gasteiger partial charge in [0.2, 0.25) is 0 Å². The van der Waals surface area contributed by atoms with E-state index in [2.05, 4.69) is 29.4 Å². The van der Waals surface area contributed by atoms with Crippen molar-refractivity contribution in [3.05, 3.63) is 28.9 Å². The maximum absolute atomic E-state index is 4.39. The number of pyridine rings is 1. The highest BCUT2D eigenvalue weighted by Crippen LogP contribution is 2.27. The van der Waals surface area contributed by atoms with Crippen LogP contribution in [-0.4, -0.2) is 12.0 Å². The van der Waals surface area contributed by atoms with Crippen molar-refractivity contribution >= 4 is 21.4 Å². The zero-order chi connectivity index (χ0) is 9.97. The van der Waals surface area contributed by atoms with Gasteiger partial charge in [0.25, 0.3) is 0 Å². The molecule has 0 atom stereocenters. The van der Waals surface area contributed by atoms with Crippen molar-refractivity contribution in [3.8, 4) is 0 Å². The largest absolute Gasteiger partial charge is 0.315 e. The van der Waals surface area contributed by atoms with Gasteiger partial charge in [-0.2, -0.15) is 0 Å². The van der Waals surface area contributed by atoms with Gasteiger partial charge in [-0.15, -0.1) is 11.3 Å². The van der Waals surface area contributed by atoms with E-state index in [4.69, 9.17) is 0 Å². The third kappa shape index (κ3) is 1.65. The summed E-state index contributed by atoms with van der Waals surface area (Å²) in [7, 11) is 1.98. The lowest BCUT2D eigenvalue weighted by molar-refractivity contribution is 0.832. The molecule has 0 radical (unpaired) electrons. The molecule has 2 rings (SSSR count). The molecule has 0 fully saturated rings. The second-order valence-electron chi connectivity index (χ2n) is 3.27. The summed E-state index contributed by atoms with van der Waals surface area (Å²) in [5.41, 5.74) is 1.22. The van der Waals surface area contributed by atoms with Crippen molar-refractivity contribution in [2.75, 3.05) is 7.05 Å². The second kappa shape index (κ2) is 4.07. The van der Waals surface area contributed by atoms with Gasteiger partial charge in [0, 0.05) is 17.6 Å². The van der Waals surface area contributed by atoms with Gasteiger partial charge in [-0.25, -0.2) is 0 Å². The van der Waals surface area contributed by atoms with Crippen molar-refractivity contribution in [1.29, 1.82) is 0 Å². The standard InChI is InChI=1S/C11H14N2S/c1-3-10-11-8(4-5-13-10)6-9(14-11)7-12-2/h4-6,12H,3,7H2,1-2H3. The van der Waals surface area contributed by atoms with E-state index in [9.17, 15) is 0 Å². The molecule has 0 unspecified atom stereocenters. The number of nitrogens with one attached hydrogen (secondary N) is 1. The molecule has 2 aromatic rings. The minimum atomic E-state index is 0.947. The van der Waals surface area contributed by atoms with Gasteiger partial charge >= 0.3 is 0 Å². The van der Waals surface area contributed by atoms with E-state index in [1.807, 2.05) is 24.6 Å². The number of fused-ring (bicyclic) bond motifs is 1. The molecule has 0 amide bonds. The molecule has 14 heavy (non-hydrogen) atoms. The normalized spacial score (nSPS) is 11.0. The minimum Gasteiger partial charge on any atom is -0.315 e. The maximum Gasteiger partial charge on any atom is 0.0578 e. The lowest BCUT2D eigenvalue weighted by Gasteiger charge is -1.95. The highest BCUT2D eigenvalue weighted by Gasteiger charge is 2.05. The van der Waals surface area contributed by atoms with Crippen molar-refractivity contribution in [3.63, 3.8) is 0 Å². The molecule has 0 bridgehead atoms. The Balaban J connectivity index is 2.52. The molecule has 0 aromatic carbocycles. The average Bonchev–Trinajstić information content (AvgIpc) is 2.60. The molecule has 74 valence electrons. The number of rotatable bonds is 3. The third-order valence-electron chi connectivity index (χ3n) is 2.24. The smallest absolute Gasteiger partial charge is 0.0578 e. The molecule has 0 saturated carbocycles. The second-order valence-corrected chi connectivity index (χ2v) is 4.41. The molecule has 0 aliphatic rings. The third-order valence-corrected chi connectivity index (χ3v) is 3.44. The molecule has 1 N–H and O–H groups in total. The van der Waals surface area contributed by atoms with Gasteiger partial charge < -0.3 is 5.32 Å². The Morgan fingerprint density at radius 1 is 1.50 bits per heavy atom. The number of thiophene rings is 1. The van der Waals surface area contributed by atoms with Gasteiger partial charge in [-0.1, -0.05) is 6.92 Å². The molecule has 0 aliphatic carbocycles. The Bertz CT molecular complexity index is 434. The summed E-state index contributed by atoms with van der Waals surface area (Å²) in [6.07, 6.45) is 2.91. The quantitative estimate of drug-likeness (QED) is 0.835. The van der Waals surface area contributed by atoms with Crippen LogP contribution in [-0.2, 0) is 13.0 Å². The number of hydrogen-bond donors (Lipinski definition) is 1. The Morgan fingerprint density at radius 3 is 3.07 bits per heavy atom. The average molecular weight is 206 g/mol. The van der Waals surface area contributed by atoms with E-state index < -0.39 is 0 Å². The lowest BCUT2D eigenvalue weighted by atomic mass is 10.2. The fourth-order valence-corrected chi connectivity index (χ4v) is 2.81. The number of hydrogen-bond acceptors (Lipinski definition) is 3. The molecule has 3 heteroatoms. The fraction of sp³-hybridized carbons (Fsp3) is 0.364. The van der Waals surface area contributed by atoms with Crippen LogP contribution in [0.25, 0.3) is 10.1 Å². The van der Waals surface area contributed by atoms with Crippen LogP contribution < -0.4 is 5.32 Å². The summed E-state index contributed by atoms with van der Waals surface area (Å²) in [6, 6.07) is 4.33. The highest BCUT2D eigenvalue weighted by molar-refractivity contribution is 7.19. The molecular weight excluding hydrogens is 192 g/mol. The zero-order valence-corrected chi connectivity index (χ0v) is 9.32. The van der Waals surface area contributed by atoms with E-state index in [-0.39, 0.29) is 0 Å². The van der Waals surface area contributed by atoms with Gasteiger partial charge in [-0.3, -0.25) is 4.98 Å². The van der Waals surface area contributed by atoms with Gasteiger partial charge in [0.1, 0.15) is 0 Å². The summed E-state index contributed by atoms with van der Waals surface area (Å²) in [5, 5.41) is 4.50. The lowest BCUT2D eigenvalue weighted by Crippen LogP contribution is -2.02. The van der Waals surface area contributed by atoms with Crippen LogP contribution in [0, 0.1) is 0 Å². The number of nitrogens with zero attached hydrogens (tertiary/aromatic N) is 1. The molecule has 2 aromatic heterocycles. The molecule has 0 saturated heterocycles. The van der Waals surface area contributed by atoms with Crippen LogP contribution >= 0.6 is 11.3 Å². The summed E-state index contributed by atoms with van der Waals surface area (Å²) in [6.45, 7) is 3.10. The Kier molecular flexibility index (Phi) is 2.79. The topological polar surface area (TPSA) is 24.9 Å². The maximum atomic E-state index is 4.39. The molecule has 2 heterocycles. The predicted octanol–water partition coefficient (Wildman–Crippen LogP) is 2.58. The van der Waals surface area contributed by atoms with Crippen LogP contribution in [0.1, 0.15) is 17.5 Å². The van der Waals surface area contributed by atoms with Crippen molar-refractivity contribution in [1.82, 2.24) is 10.3 Å². The van der Waals surface area contributed by atoms with Crippen LogP contribution in [0.5, 0.6) is 0 Å². The summed E-state index contributed by atoms with van der Waals surface area (Å²) in [5.74, 6) is 0. The minimum absolute atomic E-state index is 0.947. The van der Waals surface area contributed by atoms with Gasteiger partial charge in [0.15, 0.2) is 0 Å². The summed E-state index contributed by atoms with van der Waals surface area (Å²) < 4.78 is 1.35. The predicted molar refractivity (Wildman–Crippen MR) is 61.8 cm³/mol. The Morgan fingerprint density at radius 2 is 2.36 bits per heavy atom. The van der Waals surface area contributed by atoms with E-state index in [0.717, 1.165) is 13.0 Å². The first kappa shape index (κ1) is 9.62. The number of aromatic nitrogens is 1. The van der Waals surface area contributed by atoms with Crippen LogP contribution in [0.15, 0.2) is 18.3 Å². The summed E-state index contributed by atoms with van der Waals surface area (Å²) in [4.78, 5) is 5.77. The fourth-order valence-electron chi connectivity index (χ4n) is 1.59. The Labute approximate surface area is 88.0 Å². The summed E-state index contributed by atoms with van der Waals surface area (Å²) >= 11 is 1.85.